The predicted octanol–water partition coefficient (Wildman–Crippen LogP) is 4.21. The third-order valence-electron chi connectivity index (χ3n) is 5.79. The van der Waals surface area contributed by atoms with Gasteiger partial charge in [-0.2, -0.15) is 0 Å². The number of carbonyl (C=O) groups excluding carboxylic acids is 2. The van der Waals surface area contributed by atoms with Gasteiger partial charge in [-0.1, -0.05) is 78.9 Å². The van der Waals surface area contributed by atoms with Crippen LogP contribution in [-0.2, 0) is 19.0 Å². The van der Waals surface area contributed by atoms with Gasteiger partial charge < -0.3 is 19.5 Å². The Hall–Kier alpha value is -3.64. The minimum Gasteiger partial charge on any atom is -0.461 e. The van der Waals surface area contributed by atoms with Crippen molar-refractivity contribution in [3.8, 4) is 11.1 Å². The van der Waals surface area contributed by atoms with Gasteiger partial charge in [0.1, 0.15) is 19.3 Å². The van der Waals surface area contributed by atoms with E-state index >= 15 is 0 Å². The number of amides is 1. The van der Waals surface area contributed by atoms with E-state index in [2.05, 4.69) is 29.6 Å². The Balaban J connectivity index is 1.28. The first-order valence-electron chi connectivity index (χ1n) is 10.7. The maximum Gasteiger partial charge on any atom is 0.408 e. The van der Waals surface area contributed by atoms with Gasteiger partial charge in [0.15, 0.2) is 6.04 Å². The molecule has 1 N–H and O–H groups in total. The maximum absolute atomic E-state index is 12.7. The third kappa shape index (κ3) is 4.22. The molecule has 1 aliphatic carbocycles. The lowest BCUT2D eigenvalue weighted by Crippen LogP contribution is -2.36. The molecule has 1 saturated heterocycles. The minimum atomic E-state index is -0.953. The molecule has 3 aromatic carbocycles. The summed E-state index contributed by atoms with van der Waals surface area (Å²) in [6, 6.07) is 24.3. The number of esters is 1. The molecule has 2 unspecified atom stereocenters. The van der Waals surface area contributed by atoms with Gasteiger partial charge in [0, 0.05) is 5.92 Å². The summed E-state index contributed by atoms with van der Waals surface area (Å²) in [6.07, 6.45) is -0.717. The summed E-state index contributed by atoms with van der Waals surface area (Å²) in [5, 5.41) is 2.67. The fourth-order valence-corrected chi connectivity index (χ4v) is 4.10. The van der Waals surface area contributed by atoms with E-state index in [0.717, 1.165) is 22.3 Å². The Kier molecular flexibility index (Phi) is 5.60. The summed E-state index contributed by atoms with van der Waals surface area (Å²) in [4.78, 5) is 25.3. The quantitative estimate of drug-likeness (QED) is 0.450. The number of rotatable bonds is 7. The molecule has 1 amide bonds. The second-order valence-corrected chi connectivity index (χ2v) is 7.90. The highest BCUT2D eigenvalue weighted by Gasteiger charge is 2.31. The number of hydrogen-bond donors (Lipinski definition) is 1. The molecule has 2 aliphatic rings. The summed E-state index contributed by atoms with van der Waals surface area (Å²) in [6.45, 7) is 0.934. The van der Waals surface area contributed by atoms with Crippen LogP contribution >= 0.6 is 0 Å². The lowest BCUT2D eigenvalue weighted by molar-refractivity contribution is -0.146. The first kappa shape index (κ1) is 20.3. The third-order valence-corrected chi connectivity index (χ3v) is 5.79. The van der Waals surface area contributed by atoms with Crippen LogP contribution in [0.15, 0.2) is 78.9 Å². The van der Waals surface area contributed by atoms with Crippen LogP contribution in [0.4, 0.5) is 4.79 Å². The number of fused-ring (bicyclic) bond motifs is 3. The van der Waals surface area contributed by atoms with Crippen molar-refractivity contribution < 1.29 is 23.8 Å². The van der Waals surface area contributed by atoms with Crippen molar-refractivity contribution in [2.75, 3.05) is 19.8 Å². The molecule has 0 bridgehead atoms. The van der Waals surface area contributed by atoms with Gasteiger partial charge >= 0.3 is 12.1 Å². The Morgan fingerprint density at radius 2 is 1.44 bits per heavy atom. The van der Waals surface area contributed by atoms with Crippen LogP contribution in [0.5, 0.6) is 0 Å². The molecule has 3 aromatic rings. The van der Waals surface area contributed by atoms with Gasteiger partial charge in [-0.25, -0.2) is 9.59 Å². The van der Waals surface area contributed by atoms with Crippen LogP contribution in [0.2, 0.25) is 0 Å². The summed E-state index contributed by atoms with van der Waals surface area (Å²) < 4.78 is 16.0. The van der Waals surface area contributed by atoms with Crippen molar-refractivity contribution in [1.29, 1.82) is 0 Å². The van der Waals surface area contributed by atoms with E-state index in [1.807, 2.05) is 30.3 Å². The van der Waals surface area contributed by atoms with E-state index in [-0.39, 0.29) is 25.2 Å². The highest BCUT2D eigenvalue weighted by molar-refractivity contribution is 5.83. The number of alkyl carbamates (subject to hydrolysis) is 1. The fourth-order valence-electron chi connectivity index (χ4n) is 4.10. The second kappa shape index (κ2) is 8.85. The zero-order chi connectivity index (χ0) is 21.9. The summed E-state index contributed by atoms with van der Waals surface area (Å²) in [7, 11) is 0. The largest absolute Gasteiger partial charge is 0.461 e. The number of benzene rings is 3. The number of hydrogen-bond acceptors (Lipinski definition) is 5. The molecule has 6 nitrogen and oxygen atoms in total. The van der Waals surface area contributed by atoms with E-state index in [1.165, 1.54) is 0 Å². The first-order valence-corrected chi connectivity index (χ1v) is 10.7. The number of carbonyl (C=O) groups is 2. The number of nitrogens with one attached hydrogen (secondary N) is 1. The molecule has 0 radical (unpaired) electrons. The van der Waals surface area contributed by atoms with Crippen molar-refractivity contribution in [2.45, 2.75) is 18.1 Å². The van der Waals surface area contributed by atoms with Crippen LogP contribution in [-0.4, -0.2) is 38.0 Å². The fraction of sp³-hybridized carbons (Fsp3) is 0.231. The topological polar surface area (TPSA) is 77.2 Å². The second-order valence-electron chi connectivity index (χ2n) is 7.90. The average molecular weight is 429 g/mol. The molecule has 1 heterocycles. The minimum absolute atomic E-state index is 0.0511. The highest BCUT2D eigenvalue weighted by Crippen LogP contribution is 2.44. The number of ether oxygens (including phenoxy) is 3. The lowest BCUT2D eigenvalue weighted by Gasteiger charge is -2.19. The molecule has 1 fully saturated rings. The SMILES string of the molecule is O=C(NC(C(=O)OCC1CO1)c1ccccc1)OCC1c2ccccc2-c2ccccc21. The van der Waals surface area contributed by atoms with Crippen molar-refractivity contribution in [2.24, 2.45) is 0 Å². The first-order chi connectivity index (χ1) is 15.7. The maximum atomic E-state index is 12.7. The summed E-state index contributed by atoms with van der Waals surface area (Å²) >= 11 is 0. The van der Waals surface area contributed by atoms with Crippen molar-refractivity contribution in [3.63, 3.8) is 0 Å². The van der Waals surface area contributed by atoms with E-state index in [0.29, 0.717) is 12.2 Å². The molecule has 2 atom stereocenters. The summed E-state index contributed by atoms with van der Waals surface area (Å²) in [5.74, 6) is -0.595. The molecule has 5 rings (SSSR count). The van der Waals surface area contributed by atoms with Crippen LogP contribution in [0, 0.1) is 0 Å². The molecule has 0 spiro atoms. The van der Waals surface area contributed by atoms with Crippen LogP contribution in [0.3, 0.4) is 0 Å². The van der Waals surface area contributed by atoms with Gasteiger partial charge in [-0.15, -0.1) is 0 Å². The normalized spacial score (nSPS) is 17.1. The van der Waals surface area contributed by atoms with Gasteiger partial charge in [0.2, 0.25) is 0 Å². The van der Waals surface area contributed by atoms with Crippen LogP contribution < -0.4 is 5.32 Å². The number of epoxide rings is 1. The predicted molar refractivity (Wildman–Crippen MR) is 118 cm³/mol. The molecular weight excluding hydrogens is 406 g/mol. The van der Waals surface area contributed by atoms with Gasteiger partial charge in [0.25, 0.3) is 0 Å². The van der Waals surface area contributed by atoms with Gasteiger partial charge in [-0.3, -0.25) is 0 Å². The molecule has 162 valence electrons. The van der Waals surface area contributed by atoms with Crippen LogP contribution in [0.25, 0.3) is 11.1 Å². The van der Waals surface area contributed by atoms with Crippen molar-refractivity contribution >= 4 is 12.1 Å². The Morgan fingerprint density at radius 1 is 0.844 bits per heavy atom. The monoisotopic (exact) mass is 429 g/mol. The van der Waals surface area contributed by atoms with Crippen LogP contribution in [0.1, 0.15) is 28.7 Å². The van der Waals surface area contributed by atoms with Crippen molar-refractivity contribution in [1.82, 2.24) is 5.32 Å². The molecule has 6 heteroatoms. The van der Waals surface area contributed by atoms with E-state index in [4.69, 9.17) is 14.2 Å². The average Bonchev–Trinajstić information content (AvgIpc) is 3.62. The zero-order valence-electron chi connectivity index (χ0n) is 17.4. The van der Waals surface area contributed by atoms with E-state index in [1.54, 1.807) is 24.3 Å². The molecule has 0 saturated carbocycles. The van der Waals surface area contributed by atoms with E-state index in [9.17, 15) is 9.59 Å². The Morgan fingerprint density at radius 3 is 2.06 bits per heavy atom. The van der Waals surface area contributed by atoms with Crippen molar-refractivity contribution in [3.05, 3.63) is 95.6 Å². The lowest BCUT2D eigenvalue weighted by atomic mass is 9.98. The Bertz CT molecular complexity index is 1080. The smallest absolute Gasteiger partial charge is 0.408 e. The molecule has 0 aromatic heterocycles. The standard InChI is InChI=1S/C26H23NO5/c28-25(31-15-18-14-30-18)24(17-8-2-1-3-9-17)27-26(29)32-16-23-21-12-6-4-10-19(21)20-11-5-7-13-22(20)23/h1-13,18,23-24H,14-16H2,(H,27,29). The molecule has 1 aliphatic heterocycles. The zero-order valence-corrected chi connectivity index (χ0v) is 17.4. The van der Waals surface area contributed by atoms with E-state index < -0.39 is 18.1 Å². The molecule has 32 heavy (non-hydrogen) atoms. The van der Waals surface area contributed by atoms with Gasteiger partial charge in [0.05, 0.1) is 6.61 Å². The van der Waals surface area contributed by atoms with Gasteiger partial charge in [-0.05, 0) is 27.8 Å². The molecular formula is C26H23NO5. The Labute approximate surface area is 186 Å². The summed E-state index contributed by atoms with van der Waals surface area (Å²) in [5.41, 5.74) is 5.20. The highest BCUT2D eigenvalue weighted by atomic mass is 16.6.